The van der Waals surface area contributed by atoms with Crippen molar-refractivity contribution in [1.82, 2.24) is 9.88 Å². The van der Waals surface area contributed by atoms with Crippen molar-refractivity contribution in [3.63, 3.8) is 0 Å². The summed E-state index contributed by atoms with van der Waals surface area (Å²) >= 11 is 1.64. The van der Waals surface area contributed by atoms with Crippen LogP contribution >= 0.6 is 11.3 Å². The molecule has 0 aromatic carbocycles. The number of carbonyl (C=O) groups excluding carboxylic acids is 1. The first-order valence-electron chi connectivity index (χ1n) is 6.22. The Morgan fingerprint density at radius 2 is 2.47 bits per heavy atom. The molecule has 0 aliphatic carbocycles. The monoisotopic (exact) mass is 253 g/mol. The van der Waals surface area contributed by atoms with Gasteiger partial charge in [0.25, 0.3) is 0 Å². The fourth-order valence-corrected chi connectivity index (χ4v) is 3.07. The lowest BCUT2D eigenvalue weighted by Gasteiger charge is -2.34. The molecule has 1 atom stereocenters. The van der Waals surface area contributed by atoms with E-state index >= 15 is 0 Å². The zero-order valence-electron chi connectivity index (χ0n) is 9.97. The van der Waals surface area contributed by atoms with Gasteiger partial charge in [-0.05, 0) is 32.2 Å². The maximum atomic E-state index is 12.1. The van der Waals surface area contributed by atoms with Crippen molar-refractivity contribution in [2.24, 2.45) is 5.73 Å². The Kier molecular flexibility index (Phi) is 4.50. The maximum absolute atomic E-state index is 12.1. The van der Waals surface area contributed by atoms with Crippen LogP contribution in [0.2, 0.25) is 0 Å². The first-order valence-corrected chi connectivity index (χ1v) is 7.10. The number of likely N-dealkylation sites (tertiary alicyclic amines) is 1. The molecule has 1 saturated heterocycles. The highest BCUT2D eigenvalue weighted by Gasteiger charge is 2.28. The van der Waals surface area contributed by atoms with E-state index in [0.717, 1.165) is 30.8 Å². The Balaban J connectivity index is 2.04. The summed E-state index contributed by atoms with van der Waals surface area (Å²) in [6.07, 6.45) is 6.50. The Hall–Kier alpha value is -0.940. The van der Waals surface area contributed by atoms with Crippen molar-refractivity contribution >= 4 is 17.2 Å². The first-order chi connectivity index (χ1) is 8.33. The second-order valence-electron chi connectivity index (χ2n) is 4.36. The fourth-order valence-electron chi connectivity index (χ4n) is 2.28. The van der Waals surface area contributed by atoms with Crippen LogP contribution in [0.3, 0.4) is 0 Å². The fraction of sp³-hybridized carbons (Fsp3) is 0.667. The predicted molar refractivity (Wildman–Crippen MR) is 68.7 cm³/mol. The van der Waals surface area contributed by atoms with Crippen molar-refractivity contribution < 1.29 is 4.79 Å². The first kappa shape index (κ1) is 12.5. The van der Waals surface area contributed by atoms with Gasteiger partial charge in [-0.25, -0.2) is 4.98 Å². The summed E-state index contributed by atoms with van der Waals surface area (Å²) in [4.78, 5) is 18.5. The van der Waals surface area contributed by atoms with E-state index in [2.05, 4.69) is 4.98 Å². The van der Waals surface area contributed by atoms with Crippen LogP contribution < -0.4 is 5.73 Å². The third kappa shape index (κ3) is 3.04. The molecule has 0 bridgehead atoms. The van der Waals surface area contributed by atoms with Gasteiger partial charge in [-0.15, -0.1) is 11.3 Å². The maximum Gasteiger partial charge on any atom is 0.223 e. The van der Waals surface area contributed by atoms with Gasteiger partial charge >= 0.3 is 0 Å². The minimum atomic E-state index is 0.203. The van der Waals surface area contributed by atoms with Crippen LogP contribution in [0.15, 0.2) is 11.6 Å². The van der Waals surface area contributed by atoms with E-state index < -0.39 is 0 Å². The van der Waals surface area contributed by atoms with Crippen LogP contribution in [0.25, 0.3) is 0 Å². The number of thiazole rings is 1. The van der Waals surface area contributed by atoms with E-state index in [0.29, 0.717) is 13.0 Å². The van der Waals surface area contributed by atoms with Gasteiger partial charge in [0.05, 0.1) is 6.04 Å². The normalized spacial score (nSPS) is 20.5. The molecule has 1 aromatic rings. The van der Waals surface area contributed by atoms with E-state index in [9.17, 15) is 4.79 Å². The number of carbonyl (C=O) groups is 1. The summed E-state index contributed by atoms with van der Waals surface area (Å²) in [7, 11) is 0. The third-order valence-corrected chi connectivity index (χ3v) is 4.03. The number of nitrogens with two attached hydrogens (primary N) is 1. The summed E-state index contributed by atoms with van der Waals surface area (Å²) in [5, 5.41) is 3.05. The van der Waals surface area contributed by atoms with Gasteiger partial charge in [-0.1, -0.05) is 0 Å². The molecule has 94 valence electrons. The molecule has 1 unspecified atom stereocenters. The molecule has 2 N–H and O–H groups in total. The number of hydrogen-bond acceptors (Lipinski definition) is 4. The lowest BCUT2D eigenvalue weighted by atomic mass is 10.0. The van der Waals surface area contributed by atoms with Crippen molar-refractivity contribution in [2.75, 3.05) is 13.1 Å². The molecule has 1 aromatic heterocycles. The largest absolute Gasteiger partial charge is 0.333 e. The molecule has 0 spiro atoms. The van der Waals surface area contributed by atoms with Gasteiger partial charge in [-0.2, -0.15) is 0 Å². The van der Waals surface area contributed by atoms with Crippen LogP contribution in [-0.2, 0) is 4.79 Å². The van der Waals surface area contributed by atoms with Crippen molar-refractivity contribution in [3.8, 4) is 0 Å². The highest BCUT2D eigenvalue weighted by atomic mass is 32.1. The molecule has 2 rings (SSSR count). The second kappa shape index (κ2) is 6.12. The number of hydrogen-bond donors (Lipinski definition) is 1. The smallest absolute Gasteiger partial charge is 0.223 e. The second-order valence-corrected chi connectivity index (χ2v) is 5.29. The number of amides is 1. The molecule has 4 nitrogen and oxygen atoms in total. The highest BCUT2D eigenvalue weighted by Crippen LogP contribution is 2.32. The van der Waals surface area contributed by atoms with Crippen molar-refractivity contribution in [3.05, 3.63) is 16.6 Å². The standard InChI is InChI=1S/C12H19N3OS/c13-6-3-5-11(16)15-8-2-1-4-10(15)12-14-7-9-17-12/h7,9-10H,1-6,8,13H2. The molecule has 17 heavy (non-hydrogen) atoms. The van der Waals surface area contributed by atoms with E-state index in [-0.39, 0.29) is 11.9 Å². The summed E-state index contributed by atoms with van der Waals surface area (Å²) in [5.41, 5.74) is 5.45. The highest BCUT2D eigenvalue weighted by molar-refractivity contribution is 7.09. The Labute approximate surface area is 106 Å². The summed E-state index contributed by atoms with van der Waals surface area (Å²) in [6, 6.07) is 0.203. The zero-order chi connectivity index (χ0) is 12.1. The van der Waals surface area contributed by atoms with Crippen LogP contribution in [0.1, 0.15) is 43.2 Å². The van der Waals surface area contributed by atoms with E-state index in [1.807, 2.05) is 16.5 Å². The van der Waals surface area contributed by atoms with Gasteiger partial charge in [0.2, 0.25) is 5.91 Å². The number of aromatic nitrogens is 1. The minimum Gasteiger partial charge on any atom is -0.333 e. The third-order valence-electron chi connectivity index (χ3n) is 3.15. The van der Waals surface area contributed by atoms with Gasteiger partial charge in [0, 0.05) is 24.5 Å². The molecule has 1 aliphatic rings. The van der Waals surface area contributed by atoms with E-state index in [1.165, 1.54) is 6.42 Å². The van der Waals surface area contributed by atoms with Gasteiger partial charge in [0.1, 0.15) is 5.01 Å². The van der Waals surface area contributed by atoms with E-state index in [4.69, 9.17) is 5.73 Å². The SMILES string of the molecule is NCCCC(=O)N1CCCCC1c1nccs1. The summed E-state index contributed by atoms with van der Waals surface area (Å²) < 4.78 is 0. The van der Waals surface area contributed by atoms with Crippen molar-refractivity contribution in [1.29, 1.82) is 0 Å². The average molecular weight is 253 g/mol. The summed E-state index contributed by atoms with van der Waals surface area (Å²) in [5.74, 6) is 0.232. The van der Waals surface area contributed by atoms with Crippen molar-refractivity contribution in [2.45, 2.75) is 38.1 Å². The quantitative estimate of drug-likeness (QED) is 0.892. The molecule has 1 aliphatic heterocycles. The molecule has 1 amide bonds. The minimum absolute atomic E-state index is 0.203. The molecule has 5 heteroatoms. The number of piperidine rings is 1. The molecule has 0 radical (unpaired) electrons. The molecular formula is C12H19N3OS. The van der Waals surface area contributed by atoms with Crippen LogP contribution in [0.5, 0.6) is 0 Å². The molecule has 2 heterocycles. The van der Waals surface area contributed by atoms with Crippen LogP contribution in [-0.4, -0.2) is 28.9 Å². The van der Waals surface area contributed by atoms with Gasteiger partial charge in [0.15, 0.2) is 0 Å². The molecular weight excluding hydrogens is 234 g/mol. The average Bonchev–Trinajstić information content (AvgIpc) is 2.89. The Bertz CT molecular complexity index is 353. The number of rotatable bonds is 4. The Morgan fingerprint density at radius 3 is 3.18 bits per heavy atom. The lowest BCUT2D eigenvalue weighted by Crippen LogP contribution is -2.38. The van der Waals surface area contributed by atoms with Crippen LogP contribution in [0.4, 0.5) is 0 Å². The van der Waals surface area contributed by atoms with Gasteiger partial charge < -0.3 is 10.6 Å². The van der Waals surface area contributed by atoms with Gasteiger partial charge in [-0.3, -0.25) is 4.79 Å². The zero-order valence-corrected chi connectivity index (χ0v) is 10.8. The lowest BCUT2D eigenvalue weighted by molar-refractivity contribution is -0.135. The van der Waals surface area contributed by atoms with Crippen LogP contribution in [0, 0.1) is 0 Å². The Morgan fingerprint density at radius 1 is 1.59 bits per heavy atom. The predicted octanol–water partition coefficient (Wildman–Crippen LogP) is 1.94. The topological polar surface area (TPSA) is 59.2 Å². The summed E-state index contributed by atoms with van der Waals surface area (Å²) in [6.45, 7) is 1.45. The molecule has 1 fully saturated rings. The molecule has 0 saturated carbocycles. The van der Waals surface area contributed by atoms with E-state index in [1.54, 1.807) is 11.3 Å². The number of nitrogens with zero attached hydrogens (tertiary/aromatic N) is 2.